The van der Waals surface area contributed by atoms with E-state index in [1.54, 1.807) is 18.2 Å². The van der Waals surface area contributed by atoms with Crippen LogP contribution in [0.2, 0.25) is 0 Å². The summed E-state index contributed by atoms with van der Waals surface area (Å²) >= 11 is 0. The highest BCUT2D eigenvalue weighted by Crippen LogP contribution is 2.11. The molecular formula is C10H16N2O3. The summed E-state index contributed by atoms with van der Waals surface area (Å²) in [6.07, 6.45) is 0. The molecule has 84 valence electrons. The summed E-state index contributed by atoms with van der Waals surface area (Å²) < 4.78 is 5.22. The fraction of sp³-hybridized carbons (Fsp3) is 0.500. The quantitative estimate of drug-likeness (QED) is 0.630. The zero-order valence-electron chi connectivity index (χ0n) is 8.68. The number of nitrogens with one attached hydrogen (secondary N) is 1. The predicted octanol–water partition coefficient (Wildman–Crippen LogP) is 0.245. The van der Waals surface area contributed by atoms with Crippen molar-refractivity contribution in [3.05, 3.63) is 18.2 Å². The van der Waals surface area contributed by atoms with Gasteiger partial charge in [0.15, 0.2) is 0 Å². The Labute approximate surface area is 88.7 Å². The van der Waals surface area contributed by atoms with E-state index < -0.39 is 6.04 Å². The molecule has 1 heterocycles. The van der Waals surface area contributed by atoms with E-state index in [4.69, 9.17) is 14.9 Å². The highest BCUT2D eigenvalue weighted by atomic mass is 16.5. The SMILES string of the molecule is CCOc1cccc(NC(CO)CO)n1. The second-order valence-corrected chi connectivity index (χ2v) is 3.00. The molecule has 0 aliphatic heterocycles. The number of hydrogen-bond donors (Lipinski definition) is 3. The number of nitrogens with zero attached hydrogens (tertiary/aromatic N) is 1. The zero-order chi connectivity index (χ0) is 11.1. The van der Waals surface area contributed by atoms with Crippen molar-refractivity contribution in [3.8, 4) is 5.88 Å². The molecule has 0 aromatic carbocycles. The molecule has 0 aliphatic carbocycles. The lowest BCUT2D eigenvalue weighted by Crippen LogP contribution is -2.28. The van der Waals surface area contributed by atoms with Crippen LogP contribution in [0, 0.1) is 0 Å². The summed E-state index contributed by atoms with van der Waals surface area (Å²) in [5.41, 5.74) is 0. The van der Waals surface area contributed by atoms with Gasteiger partial charge >= 0.3 is 0 Å². The molecule has 1 aromatic heterocycles. The maximum Gasteiger partial charge on any atom is 0.215 e. The van der Waals surface area contributed by atoms with Crippen LogP contribution in [0.5, 0.6) is 5.88 Å². The molecule has 0 unspecified atom stereocenters. The lowest BCUT2D eigenvalue weighted by Gasteiger charge is -2.14. The number of hydrogen-bond acceptors (Lipinski definition) is 5. The van der Waals surface area contributed by atoms with Crippen molar-refractivity contribution in [1.82, 2.24) is 4.98 Å². The molecule has 0 saturated carbocycles. The Hall–Kier alpha value is -1.33. The van der Waals surface area contributed by atoms with Crippen LogP contribution in [0.4, 0.5) is 5.82 Å². The fourth-order valence-corrected chi connectivity index (χ4v) is 1.08. The van der Waals surface area contributed by atoms with Crippen LogP contribution in [-0.4, -0.2) is 41.1 Å². The summed E-state index contributed by atoms with van der Waals surface area (Å²) in [4.78, 5) is 4.14. The maximum absolute atomic E-state index is 8.88. The first-order valence-electron chi connectivity index (χ1n) is 4.88. The van der Waals surface area contributed by atoms with Gasteiger partial charge in [0.05, 0.1) is 25.9 Å². The Balaban J connectivity index is 2.64. The van der Waals surface area contributed by atoms with E-state index in [0.29, 0.717) is 18.3 Å². The number of aliphatic hydroxyl groups is 2. The molecular weight excluding hydrogens is 196 g/mol. The molecule has 3 N–H and O–H groups in total. The monoisotopic (exact) mass is 212 g/mol. The van der Waals surface area contributed by atoms with E-state index in [0.717, 1.165) is 0 Å². The Morgan fingerprint density at radius 2 is 2.13 bits per heavy atom. The highest BCUT2D eigenvalue weighted by molar-refractivity contribution is 5.38. The molecule has 0 fully saturated rings. The van der Waals surface area contributed by atoms with Crippen molar-refractivity contribution in [2.75, 3.05) is 25.1 Å². The van der Waals surface area contributed by atoms with Crippen molar-refractivity contribution >= 4 is 5.82 Å². The van der Waals surface area contributed by atoms with Gasteiger partial charge in [0.25, 0.3) is 0 Å². The van der Waals surface area contributed by atoms with Gasteiger partial charge < -0.3 is 20.3 Å². The Kier molecular flexibility index (Phi) is 4.86. The molecule has 15 heavy (non-hydrogen) atoms. The number of pyridine rings is 1. The maximum atomic E-state index is 8.88. The van der Waals surface area contributed by atoms with E-state index in [2.05, 4.69) is 10.3 Å². The minimum Gasteiger partial charge on any atom is -0.478 e. The van der Waals surface area contributed by atoms with Crippen LogP contribution in [0.3, 0.4) is 0 Å². The summed E-state index contributed by atoms with van der Waals surface area (Å²) in [5, 5.41) is 20.6. The van der Waals surface area contributed by atoms with Gasteiger partial charge in [-0.1, -0.05) is 6.07 Å². The van der Waals surface area contributed by atoms with Crippen LogP contribution in [0.15, 0.2) is 18.2 Å². The van der Waals surface area contributed by atoms with Crippen LogP contribution >= 0.6 is 0 Å². The van der Waals surface area contributed by atoms with Crippen molar-refractivity contribution in [2.24, 2.45) is 0 Å². The first kappa shape index (κ1) is 11.7. The van der Waals surface area contributed by atoms with Crippen LogP contribution in [-0.2, 0) is 0 Å². The topological polar surface area (TPSA) is 74.6 Å². The Bertz CT molecular complexity index is 290. The molecule has 1 rings (SSSR count). The minimum atomic E-state index is -0.394. The lowest BCUT2D eigenvalue weighted by atomic mass is 10.3. The predicted molar refractivity (Wildman–Crippen MR) is 57.0 cm³/mol. The average molecular weight is 212 g/mol. The second-order valence-electron chi connectivity index (χ2n) is 3.00. The summed E-state index contributed by atoms with van der Waals surface area (Å²) in [6, 6.07) is 4.91. The third kappa shape index (κ3) is 3.73. The molecule has 5 nitrogen and oxygen atoms in total. The molecule has 0 aliphatic rings. The number of anilines is 1. The molecule has 0 atom stereocenters. The largest absolute Gasteiger partial charge is 0.478 e. The van der Waals surface area contributed by atoms with Gasteiger partial charge in [-0.2, -0.15) is 4.98 Å². The molecule has 0 spiro atoms. The second kappa shape index (κ2) is 6.21. The molecule has 0 bridgehead atoms. The lowest BCUT2D eigenvalue weighted by molar-refractivity contribution is 0.203. The standard InChI is InChI=1S/C10H16N2O3/c1-2-15-10-5-3-4-9(12-10)11-8(6-13)7-14/h3-5,8,13-14H,2,6-7H2,1H3,(H,11,12). The number of ether oxygens (including phenoxy) is 1. The highest BCUT2D eigenvalue weighted by Gasteiger charge is 2.06. The van der Waals surface area contributed by atoms with Crippen molar-refractivity contribution < 1.29 is 14.9 Å². The van der Waals surface area contributed by atoms with Crippen molar-refractivity contribution in [2.45, 2.75) is 13.0 Å². The summed E-state index contributed by atoms with van der Waals surface area (Å²) in [6.45, 7) is 2.15. The number of aliphatic hydroxyl groups excluding tert-OH is 2. The number of aromatic nitrogens is 1. The van der Waals surface area contributed by atoms with Crippen LogP contribution < -0.4 is 10.1 Å². The molecule has 1 aromatic rings. The van der Waals surface area contributed by atoms with E-state index in [-0.39, 0.29) is 13.2 Å². The van der Waals surface area contributed by atoms with Gasteiger partial charge in [-0.05, 0) is 13.0 Å². The molecule has 0 radical (unpaired) electrons. The Morgan fingerprint density at radius 1 is 1.40 bits per heavy atom. The van der Waals surface area contributed by atoms with Gasteiger partial charge in [0, 0.05) is 6.07 Å². The third-order valence-electron chi connectivity index (χ3n) is 1.81. The normalized spacial score (nSPS) is 10.4. The van der Waals surface area contributed by atoms with E-state index in [1.165, 1.54) is 0 Å². The molecule has 5 heteroatoms. The average Bonchev–Trinajstić information content (AvgIpc) is 2.27. The van der Waals surface area contributed by atoms with Crippen LogP contribution in [0.1, 0.15) is 6.92 Å². The number of rotatable bonds is 6. The summed E-state index contributed by atoms with van der Waals surface area (Å²) in [7, 11) is 0. The van der Waals surface area contributed by atoms with Crippen LogP contribution in [0.25, 0.3) is 0 Å². The van der Waals surface area contributed by atoms with Gasteiger partial charge in [0.1, 0.15) is 5.82 Å². The third-order valence-corrected chi connectivity index (χ3v) is 1.81. The minimum absolute atomic E-state index is 0.142. The van der Waals surface area contributed by atoms with Crippen molar-refractivity contribution in [1.29, 1.82) is 0 Å². The van der Waals surface area contributed by atoms with Gasteiger partial charge in [0.2, 0.25) is 5.88 Å². The smallest absolute Gasteiger partial charge is 0.215 e. The summed E-state index contributed by atoms with van der Waals surface area (Å²) in [5.74, 6) is 1.10. The van der Waals surface area contributed by atoms with Gasteiger partial charge in [-0.25, -0.2) is 0 Å². The van der Waals surface area contributed by atoms with E-state index in [1.807, 2.05) is 6.92 Å². The first-order valence-corrected chi connectivity index (χ1v) is 4.88. The fourth-order valence-electron chi connectivity index (χ4n) is 1.08. The molecule has 0 amide bonds. The van der Waals surface area contributed by atoms with Crippen molar-refractivity contribution in [3.63, 3.8) is 0 Å². The zero-order valence-corrected chi connectivity index (χ0v) is 8.68. The van der Waals surface area contributed by atoms with E-state index in [9.17, 15) is 0 Å². The van der Waals surface area contributed by atoms with Gasteiger partial charge in [-0.15, -0.1) is 0 Å². The van der Waals surface area contributed by atoms with Gasteiger partial charge in [-0.3, -0.25) is 0 Å². The Morgan fingerprint density at radius 3 is 2.73 bits per heavy atom. The molecule has 0 saturated heterocycles. The first-order chi connectivity index (χ1) is 7.30. The van der Waals surface area contributed by atoms with E-state index >= 15 is 0 Å².